The number of aromatic nitrogens is 2. The fraction of sp³-hybridized carbons (Fsp3) is 0.391. The molecule has 1 fully saturated rings. The van der Waals surface area contributed by atoms with Gasteiger partial charge in [0.2, 0.25) is 0 Å². The van der Waals surface area contributed by atoms with Gasteiger partial charge in [0, 0.05) is 43.7 Å². The second-order valence-corrected chi connectivity index (χ2v) is 7.83. The second kappa shape index (κ2) is 8.93. The number of nitrogens with one attached hydrogen (secondary N) is 1. The van der Waals surface area contributed by atoms with Crippen LogP contribution in [-0.2, 0) is 4.74 Å². The third kappa shape index (κ3) is 4.64. The fourth-order valence-electron chi connectivity index (χ4n) is 3.71. The molecule has 2 aromatic heterocycles. The number of hydrogen-bond acceptors (Lipinski definition) is 5. The van der Waals surface area contributed by atoms with Crippen LogP contribution in [0.2, 0.25) is 0 Å². The Morgan fingerprint density at radius 2 is 2.00 bits per heavy atom. The molecule has 1 saturated heterocycles. The second-order valence-electron chi connectivity index (χ2n) is 7.83. The van der Waals surface area contributed by atoms with Crippen LogP contribution in [0.3, 0.4) is 0 Å². The molecule has 3 heterocycles. The maximum absolute atomic E-state index is 13.7. The lowest BCUT2D eigenvalue weighted by atomic mass is 9.97. The number of rotatable bonds is 6. The monoisotopic (exact) mass is 427 g/mol. The maximum Gasteiger partial charge on any atom is 0.261 e. The molecule has 0 aliphatic carbocycles. The highest BCUT2D eigenvalue weighted by atomic mass is 19.1. The summed E-state index contributed by atoms with van der Waals surface area (Å²) in [7, 11) is 1.51. The van der Waals surface area contributed by atoms with Crippen LogP contribution in [0.4, 0.5) is 10.1 Å². The van der Waals surface area contributed by atoms with Crippen LogP contribution in [0.1, 0.15) is 48.7 Å². The summed E-state index contributed by atoms with van der Waals surface area (Å²) in [5.41, 5.74) is 2.41. The molecular formula is C23H26FN3O4. The molecule has 1 aliphatic rings. The van der Waals surface area contributed by atoms with Crippen molar-refractivity contribution in [3.05, 3.63) is 53.7 Å². The molecule has 1 aromatic carbocycles. The van der Waals surface area contributed by atoms with E-state index in [1.165, 1.54) is 25.3 Å². The molecule has 7 nitrogen and oxygen atoms in total. The number of fused-ring (bicyclic) bond motifs is 1. The van der Waals surface area contributed by atoms with Gasteiger partial charge in [0.15, 0.2) is 0 Å². The lowest BCUT2D eigenvalue weighted by molar-refractivity contribution is 0.0846. The predicted molar refractivity (Wildman–Crippen MR) is 115 cm³/mol. The van der Waals surface area contributed by atoms with Crippen molar-refractivity contribution >= 4 is 17.2 Å². The number of pyridine rings is 1. The minimum absolute atomic E-state index is 0.169. The number of anilines is 1. The Bertz CT molecular complexity index is 1090. The molecule has 1 amide bonds. The quantitative estimate of drug-likeness (QED) is 0.631. The van der Waals surface area contributed by atoms with E-state index in [0.29, 0.717) is 28.6 Å². The zero-order valence-corrected chi connectivity index (χ0v) is 17.9. The number of carbonyl (C=O) groups excluding carboxylic acids is 1. The Kier molecular flexibility index (Phi) is 6.08. The third-order valence-electron chi connectivity index (χ3n) is 5.23. The summed E-state index contributed by atoms with van der Waals surface area (Å²) < 4.78 is 32.1. The first-order valence-corrected chi connectivity index (χ1v) is 10.4. The maximum atomic E-state index is 13.7. The minimum Gasteiger partial charge on any atom is -0.496 e. The van der Waals surface area contributed by atoms with E-state index in [2.05, 4.69) is 5.32 Å². The molecule has 4 rings (SSSR count). The molecule has 8 heteroatoms. The van der Waals surface area contributed by atoms with E-state index in [1.807, 2.05) is 24.4 Å². The number of hydrogen-bond donors (Lipinski definition) is 1. The van der Waals surface area contributed by atoms with Crippen molar-refractivity contribution in [2.24, 2.45) is 0 Å². The summed E-state index contributed by atoms with van der Waals surface area (Å²) >= 11 is 0. The van der Waals surface area contributed by atoms with Crippen LogP contribution in [0, 0.1) is 5.82 Å². The SMILES string of the molecule is COc1cc2nc(C3CCOCC3)cn2cc1C(=O)Nc1ccc(F)cc1OC(C)C. The van der Waals surface area contributed by atoms with Gasteiger partial charge in [0.25, 0.3) is 5.91 Å². The van der Waals surface area contributed by atoms with E-state index < -0.39 is 5.82 Å². The van der Waals surface area contributed by atoms with Gasteiger partial charge in [-0.3, -0.25) is 4.79 Å². The van der Waals surface area contributed by atoms with Gasteiger partial charge >= 0.3 is 0 Å². The number of carbonyl (C=O) groups is 1. The molecule has 0 unspecified atom stereocenters. The molecule has 164 valence electrons. The first-order valence-electron chi connectivity index (χ1n) is 10.4. The van der Waals surface area contributed by atoms with Gasteiger partial charge in [0.1, 0.15) is 23.0 Å². The first kappa shape index (κ1) is 21.1. The molecule has 0 bridgehead atoms. The predicted octanol–water partition coefficient (Wildman–Crippen LogP) is 4.42. The Balaban J connectivity index is 1.64. The fourth-order valence-corrected chi connectivity index (χ4v) is 3.71. The van der Waals surface area contributed by atoms with Crippen LogP contribution in [-0.4, -0.2) is 41.7 Å². The van der Waals surface area contributed by atoms with Crippen LogP contribution in [0.5, 0.6) is 11.5 Å². The van der Waals surface area contributed by atoms with E-state index in [1.54, 1.807) is 12.3 Å². The van der Waals surface area contributed by atoms with Gasteiger partial charge in [-0.05, 0) is 38.8 Å². The van der Waals surface area contributed by atoms with Crippen molar-refractivity contribution in [3.8, 4) is 11.5 Å². The average Bonchev–Trinajstić information content (AvgIpc) is 3.18. The molecule has 1 N–H and O–H groups in total. The number of amides is 1. The molecule has 0 saturated carbocycles. The number of methoxy groups -OCH3 is 1. The molecule has 1 aliphatic heterocycles. The highest BCUT2D eigenvalue weighted by molar-refractivity contribution is 6.07. The van der Waals surface area contributed by atoms with Crippen LogP contribution >= 0.6 is 0 Å². The van der Waals surface area contributed by atoms with Crippen LogP contribution in [0.15, 0.2) is 36.7 Å². The number of benzene rings is 1. The highest BCUT2D eigenvalue weighted by Gasteiger charge is 2.21. The van der Waals surface area contributed by atoms with Crippen molar-refractivity contribution in [1.82, 2.24) is 9.38 Å². The van der Waals surface area contributed by atoms with E-state index in [9.17, 15) is 9.18 Å². The molecule has 0 spiro atoms. The summed E-state index contributed by atoms with van der Waals surface area (Å²) in [5.74, 6) is 0.189. The Labute approximate surface area is 180 Å². The summed E-state index contributed by atoms with van der Waals surface area (Å²) in [6.07, 6.45) is 5.34. The van der Waals surface area contributed by atoms with Crippen molar-refractivity contribution in [3.63, 3.8) is 0 Å². The summed E-state index contributed by atoms with van der Waals surface area (Å²) in [6, 6.07) is 5.76. The van der Waals surface area contributed by atoms with Crippen molar-refractivity contribution in [2.75, 3.05) is 25.6 Å². The van der Waals surface area contributed by atoms with Gasteiger partial charge in [-0.25, -0.2) is 9.37 Å². The van der Waals surface area contributed by atoms with Gasteiger partial charge < -0.3 is 23.9 Å². The van der Waals surface area contributed by atoms with E-state index in [-0.39, 0.29) is 17.8 Å². The van der Waals surface area contributed by atoms with Crippen LogP contribution in [0.25, 0.3) is 5.65 Å². The lowest BCUT2D eigenvalue weighted by Gasteiger charge is -2.19. The standard InChI is InChI=1S/C23H26FN3O4/c1-14(2)31-21-10-16(24)4-5-18(21)26-23(28)17-12-27-13-19(15-6-8-30-9-7-15)25-22(27)11-20(17)29-3/h4-5,10-15H,6-9H2,1-3H3,(H,26,28). The van der Waals surface area contributed by atoms with Crippen molar-refractivity contribution in [2.45, 2.75) is 38.7 Å². The largest absolute Gasteiger partial charge is 0.496 e. The van der Waals surface area contributed by atoms with Gasteiger partial charge in [0.05, 0.1) is 30.2 Å². The lowest BCUT2D eigenvalue weighted by Crippen LogP contribution is -2.16. The van der Waals surface area contributed by atoms with Gasteiger partial charge in [-0.15, -0.1) is 0 Å². The number of nitrogens with zero attached hydrogens (tertiary/aromatic N) is 2. The summed E-state index contributed by atoms with van der Waals surface area (Å²) in [4.78, 5) is 17.8. The Morgan fingerprint density at radius 1 is 1.23 bits per heavy atom. The number of ether oxygens (including phenoxy) is 3. The average molecular weight is 427 g/mol. The van der Waals surface area contributed by atoms with Crippen molar-refractivity contribution in [1.29, 1.82) is 0 Å². The summed E-state index contributed by atoms with van der Waals surface area (Å²) in [5, 5.41) is 2.81. The van der Waals surface area contributed by atoms with E-state index in [0.717, 1.165) is 31.7 Å². The van der Waals surface area contributed by atoms with E-state index in [4.69, 9.17) is 19.2 Å². The first-order chi connectivity index (χ1) is 14.9. The zero-order valence-electron chi connectivity index (χ0n) is 17.9. The third-order valence-corrected chi connectivity index (χ3v) is 5.23. The molecule has 0 radical (unpaired) electrons. The molecule has 0 atom stereocenters. The topological polar surface area (TPSA) is 74.1 Å². The normalized spacial score (nSPS) is 14.7. The van der Waals surface area contributed by atoms with Gasteiger partial charge in [-0.1, -0.05) is 0 Å². The molecular weight excluding hydrogens is 401 g/mol. The number of halogens is 1. The minimum atomic E-state index is -0.438. The summed E-state index contributed by atoms with van der Waals surface area (Å²) in [6.45, 7) is 5.13. The van der Waals surface area contributed by atoms with Crippen LogP contribution < -0.4 is 14.8 Å². The highest BCUT2D eigenvalue weighted by Crippen LogP contribution is 2.30. The molecule has 3 aromatic rings. The van der Waals surface area contributed by atoms with Crippen molar-refractivity contribution < 1.29 is 23.4 Å². The smallest absolute Gasteiger partial charge is 0.261 e. The Hall–Kier alpha value is -3.13. The van der Waals surface area contributed by atoms with E-state index >= 15 is 0 Å². The van der Waals surface area contributed by atoms with Gasteiger partial charge in [-0.2, -0.15) is 0 Å². The zero-order chi connectivity index (χ0) is 22.0. The molecule has 31 heavy (non-hydrogen) atoms. The number of imidazole rings is 1. The Morgan fingerprint density at radius 3 is 2.71 bits per heavy atom.